The fraction of sp³-hybridized carbons (Fsp3) is 0.474. The van der Waals surface area contributed by atoms with Gasteiger partial charge in [0, 0.05) is 18.2 Å². The SMILES string of the molecule is CC(CNC(=O)NC1CCC(C(=O)O)CC1)c1nc(-c2ccccc2)no1. The predicted octanol–water partition coefficient (Wildman–Crippen LogP) is 2.78. The van der Waals surface area contributed by atoms with Crippen LogP contribution in [0.3, 0.4) is 0 Å². The van der Waals surface area contributed by atoms with Crippen molar-refractivity contribution in [1.82, 2.24) is 20.8 Å². The number of amides is 2. The summed E-state index contributed by atoms with van der Waals surface area (Å²) in [6.45, 7) is 2.27. The van der Waals surface area contributed by atoms with E-state index in [4.69, 9.17) is 9.63 Å². The van der Waals surface area contributed by atoms with Crippen LogP contribution >= 0.6 is 0 Å². The third-order valence-corrected chi connectivity index (χ3v) is 4.88. The molecule has 1 fully saturated rings. The van der Waals surface area contributed by atoms with E-state index in [0.29, 0.717) is 43.9 Å². The molecule has 0 radical (unpaired) electrons. The lowest BCUT2D eigenvalue weighted by atomic mass is 9.86. The van der Waals surface area contributed by atoms with Crippen molar-refractivity contribution in [3.63, 3.8) is 0 Å². The molecular weight excluding hydrogens is 348 g/mol. The number of hydrogen-bond acceptors (Lipinski definition) is 5. The number of hydrogen-bond donors (Lipinski definition) is 3. The summed E-state index contributed by atoms with van der Waals surface area (Å²) in [6, 6.07) is 9.31. The second-order valence-corrected chi connectivity index (χ2v) is 6.96. The van der Waals surface area contributed by atoms with E-state index in [1.54, 1.807) is 0 Å². The molecule has 1 aliphatic rings. The molecule has 1 aromatic carbocycles. The first-order valence-electron chi connectivity index (χ1n) is 9.19. The Kier molecular flexibility index (Phi) is 6.05. The van der Waals surface area contributed by atoms with Gasteiger partial charge < -0.3 is 20.3 Å². The zero-order valence-corrected chi connectivity index (χ0v) is 15.2. The van der Waals surface area contributed by atoms with Crippen LogP contribution < -0.4 is 10.6 Å². The predicted molar refractivity (Wildman–Crippen MR) is 98.1 cm³/mol. The van der Waals surface area contributed by atoms with E-state index in [-0.39, 0.29) is 23.9 Å². The molecule has 1 atom stereocenters. The Morgan fingerprint density at radius 3 is 2.59 bits per heavy atom. The second kappa shape index (κ2) is 8.66. The smallest absolute Gasteiger partial charge is 0.315 e. The number of carboxylic acid groups (broad SMARTS) is 1. The molecule has 3 rings (SSSR count). The topological polar surface area (TPSA) is 117 Å². The number of aliphatic carboxylic acids is 1. The molecular formula is C19H24N4O4. The molecule has 2 aromatic rings. The highest BCUT2D eigenvalue weighted by Crippen LogP contribution is 2.24. The molecule has 1 unspecified atom stereocenters. The molecule has 0 spiro atoms. The first kappa shape index (κ1) is 18.9. The van der Waals surface area contributed by atoms with Crippen molar-refractivity contribution in [1.29, 1.82) is 0 Å². The van der Waals surface area contributed by atoms with E-state index in [1.165, 1.54) is 0 Å². The Hall–Kier alpha value is -2.90. The number of carbonyl (C=O) groups is 2. The van der Waals surface area contributed by atoms with Crippen molar-refractivity contribution in [2.24, 2.45) is 5.92 Å². The first-order chi connectivity index (χ1) is 13.0. The molecule has 1 aromatic heterocycles. The van der Waals surface area contributed by atoms with Crippen LogP contribution in [0.1, 0.15) is 44.4 Å². The van der Waals surface area contributed by atoms with Crippen LogP contribution in [0.15, 0.2) is 34.9 Å². The minimum atomic E-state index is -0.749. The van der Waals surface area contributed by atoms with Crippen molar-refractivity contribution < 1.29 is 19.2 Å². The summed E-state index contributed by atoms with van der Waals surface area (Å²) in [7, 11) is 0. The summed E-state index contributed by atoms with van der Waals surface area (Å²) in [6.07, 6.45) is 2.57. The molecule has 2 amide bonds. The number of carbonyl (C=O) groups excluding carboxylic acids is 1. The molecule has 0 saturated heterocycles. The van der Waals surface area contributed by atoms with Gasteiger partial charge in [-0.25, -0.2) is 4.79 Å². The third-order valence-electron chi connectivity index (χ3n) is 4.88. The summed E-state index contributed by atoms with van der Waals surface area (Å²) < 4.78 is 5.31. The zero-order valence-electron chi connectivity index (χ0n) is 15.2. The van der Waals surface area contributed by atoms with Gasteiger partial charge in [-0.1, -0.05) is 42.4 Å². The van der Waals surface area contributed by atoms with Crippen LogP contribution in [0.25, 0.3) is 11.4 Å². The molecule has 8 nitrogen and oxygen atoms in total. The maximum absolute atomic E-state index is 12.1. The first-order valence-corrected chi connectivity index (χ1v) is 9.19. The number of nitrogens with one attached hydrogen (secondary N) is 2. The Labute approximate surface area is 157 Å². The minimum absolute atomic E-state index is 0.0176. The Morgan fingerprint density at radius 1 is 1.22 bits per heavy atom. The normalized spacial score (nSPS) is 20.6. The van der Waals surface area contributed by atoms with E-state index < -0.39 is 5.97 Å². The number of benzene rings is 1. The highest BCUT2D eigenvalue weighted by atomic mass is 16.5. The van der Waals surface area contributed by atoms with Crippen molar-refractivity contribution >= 4 is 12.0 Å². The summed E-state index contributed by atoms with van der Waals surface area (Å²) >= 11 is 0. The molecule has 1 heterocycles. The van der Waals surface area contributed by atoms with Gasteiger partial charge in [0.15, 0.2) is 0 Å². The number of urea groups is 1. The molecule has 3 N–H and O–H groups in total. The number of carboxylic acids is 1. The largest absolute Gasteiger partial charge is 0.481 e. The van der Waals surface area contributed by atoms with Crippen LogP contribution in [0.5, 0.6) is 0 Å². The highest BCUT2D eigenvalue weighted by Gasteiger charge is 2.26. The lowest BCUT2D eigenvalue weighted by Crippen LogP contribution is -2.45. The Balaban J connectivity index is 1.44. The maximum atomic E-state index is 12.1. The van der Waals surface area contributed by atoms with Crippen molar-refractivity contribution in [2.45, 2.75) is 44.6 Å². The van der Waals surface area contributed by atoms with E-state index >= 15 is 0 Å². The lowest BCUT2D eigenvalue weighted by Gasteiger charge is -2.27. The van der Waals surface area contributed by atoms with Gasteiger partial charge in [0.1, 0.15) is 0 Å². The fourth-order valence-corrected chi connectivity index (χ4v) is 3.19. The minimum Gasteiger partial charge on any atom is -0.481 e. The van der Waals surface area contributed by atoms with Crippen molar-refractivity contribution in [3.05, 3.63) is 36.2 Å². The highest BCUT2D eigenvalue weighted by molar-refractivity contribution is 5.74. The fourth-order valence-electron chi connectivity index (χ4n) is 3.19. The van der Waals surface area contributed by atoms with Gasteiger partial charge in [-0.3, -0.25) is 4.79 Å². The zero-order chi connectivity index (χ0) is 19.2. The van der Waals surface area contributed by atoms with Crippen LogP contribution in [0.4, 0.5) is 4.79 Å². The van der Waals surface area contributed by atoms with Crippen molar-refractivity contribution in [3.8, 4) is 11.4 Å². The average Bonchev–Trinajstić information content (AvgIpc) is 3.17. The van der Waals surface area contributed by atoms with Gasteiger partial charge >= 0.3 is 12.0 Å². The van der Waals surface area contributed by atoms with Crippen LogP contribution in [0, 0.1) is 5.92 Å². The van der Waals surface area contributed by atoms with E-state index in [1.807, 2.05) is 37.3 Å². The molecule has 1 aliphatic carbocycles. The van der Waals surface area contributed by atoms with Gasteiger partial charge in [0.25, 0.3) is 0 Å². The second-order valence-electron chi connectivity index (χ2n) is 6.96. The van der Waals surface area contributed by atoms with E-state index in [0.717, 1.165) is 5.56 Å². The number of rotatable bonds is 6. The molecule has 144 valence electrons. The van der Waals surface area contributed by atoms with Crippen LogP contribution in [-0.4, -0.2) is 39.8 Å². The summed E-state index contributed by atoms with van der Waals surface area (Å²) in [5.74, 6) is -0.166. The summed E-state index contributed by atoms with van der Waals surface area (Å²) in [4.78, 5) is 27.4. The quantitative estimate of drug-likeness (QED) is 0.718. The van der Waals surface area contributed by atoms with Gasteiger partial charge in [-0.15, -0.1) is 0 Å². The monoisotopic (exact) mass is 372 g/mol. The van der Waals surface area contributed by atoms with E-state index in [2.05, 4.69) is 20.8 Å². The van der Waals surface area contributed by atoms with Crippen LogP contribution in [-0.2, 0) is 4.79 Å². The molecule has 0 aliphatic heterocycles. The average molecular weight is 372 g/mol. The molecule has 8 heteroatoms. The van der Waals surface area contributed by atoms with Crippen LogP contribution in [0.2, 0.25) is 0 Å². The van der Waals surface area contributed by atoms with Gasteiger partial charge in [-0.05, 0) is 25.7 Å². The standard InChI is InChI=1S/C19H24N4O4/c1-12(17-22-16(23-27-17)13-5-3-2-4-6-13)11-20-19(26)21-15-9-7-14(8-10-15)18(24)25/h2-6,12,14-15H,7-11H2,1H3,(H,24,25)(H2,20,21,26). The molecule has 1 saturated carbocycles. The summed E-state index contributed by atoms with van der Waals surface area (Å²) in [5.41, 5.74) is 0.877. The van der Waals surface area contributed by atoms with Gasteiger partial charge in [0.05, 0.1) is 11.8 Å². The Bertz CT molecular complexity index is 769. The maximum Gasteiger partial charge on any atom is 0.315 e. The van der Waals surface area contributed by atoms with Crippen molar-refractivity contribution in [2.75, 3.05) is 6.54 Å². The number of nitrogens with zero attached hydrogens (tertiary/aromatic N) is 2. The Morgan fingerprint density at radius 2 is 1.93 bits per heavy atom. The molecule has 0 bridgehead atoms. The third kappa shape index (κ3) is 5.06. The van der Waals surface area contributed by atoms with Gasteiger partial charge in [-0.2, -0.15) is 4.98 Å². The number of aromatic nitrogens is 2. The summed E-state index contributed by atoms with van der Waals surface area (Å²) in [5, 5.41) is 18.7. The van der Waals surface area contributed by atoms with E-state index in [9.17, 15) is 9.59 Å². The lowest BCUT2D eigenvalue weighted by molar-refractivity contribution is -0.142. The molecule has 27 heavy (non-hydrogen) atoms. The van der Waals surface area contributed by atoms with Gasteiger partial charge in [0.2, 0.25) is 11.7 Å².